The highest BCUT2D eigenvalue weighted by atomic mass is 32.1. The van der Waals surface area contributed by atoms with Crippen molar-refractivity contribution in [3.63, 3.8) is 0 Å². The molecular weight excluding hydrogens is 270 g/mol. The van der Waals surface area contributed by atoms with Gasteiger partial charge in [0, 0.05) is 27.9 Å². The third kappa shape index (κ3) is 3.90. The average Bonchev–Trinajstić information content (AvgIpc) is 2.78. The van der Waals surface area contributed by atoms with Crippen molar-refractivity contribution < 1.29 is 9.90 Å². The van der Waals surface area contributed by atoms with Crippen LogP contribution in [0.4, 0.5) is 0 Å². The second-order valence-electron chi connectivity index (χ2n) is 5.74. The van der Waals surface area contributed by atoms with Crippen molar-refractivity contribution in [2.45, 2.75) is 52.0 Å². The first-order chi connectivity index (χ1) is 9.61. The maximum atomic E-state index is 12.5. The first kappa shape index (κ1) is 15.7. The Morgan fingerprint density at radius 2 is 2.05 bits per heavy atom. The molecule has 1 aromatic heterocycles. The molecule has 4 heteroatoms. The van der Waals surface area contributed by atoms with Crippen LogP contribution in [0.25, 0.3) is 0 Å². The van der Waals surface area contributed by atoms with Crippen LogP contribution in [0.1, 0.15) is 52.2 Å². The van der Waals surface area contributed by atoms with Gasteiger partial charge in [-0.2, -0.15) is 0 Å². The number of carbonyl (C=O) groups excluding carboxylic acids is 1. The van der Waals surface area contributed by atoms with Crippen molar-refractivity contribution in [3.05, 3.63) is 21.4 Å². The first-order valence-corrected chi connectivity index (χ1v) is 8.38. The van der Waals surface area contributed by atoms with Gasteiger partial charge in [0.15, 0.2) is 5.78 Å². The van der Waals surface area contributed by atoms with E-state index < -0.39 is 0 Å². The van der Waals surface area contributed by atoms with Crippen molar-refractivity contribution in [2.24, 2.45) is 0 Å². The molecule has 0 aliphatic heterocycles. The average molecular weight is 295 g/mol. The lowest BCUT2D eigenvalue weighted by molar-refractivity contribution is 0.0814. The Morgan fingerprint density at radius 1 is 1.35 bits per heavy atom. The summed E-state index contributed by atoms with van der Waals surface area (Å²) < 4.78 is 0. The summed E-state index contributed by atoms with van der Waals surface area (Å²) in [6.07, 6.45) is 6.12. The minimum atomic E-state index is 0.130. The van der Waals surface area contributed by atoms with Crippen molar-refractivity contribution in [3.8, 4) is 0 Å². The van der Waals surface area contributed by atoms with Gasteiger partial charge in [-0.25, -0.2) is 0 Å². The predicted molar refractivity (Wildman–Crippen MR) is 83.7 cm³/mol. The van der Waals surface area contributed by atoms with Crippen molar-refractivity contribution in [1.82, 2.24) is 4.90 Å². The quantitative estimate of drug-likeness (QED) is 0.820. The van der Waals surface area contributed by atoms with Gasteiger partial charge in [0.2, 0.25) is 0 Å². The number of hydrogen-bond donors (Lipinski definition) is 1. The smallest absolute Gasteiger partial charge is 0.177 e. The molecule has 0 spiro atoms. The van der Waals surface area contributed by atoms with Crippen LogP contribution in [0, 0.1) is 13.8 Å². The predicted octanol–water partition coefficient (Wildman–Crippen LogP) is 3.17. The van der Waals surface area contributed by atoms with Crippen molar-refractivity contribution in [1.29, 1.82) is 0 Å². The fourth-order valence-electron chi connectivity index (χ4n) is 3.14. The highest BCUT2D eigenvalue weighted by Crippen LogP contribution is 2.24. The van der Waals surface area contributed by atoms with Crippen LogP contribution in [0.2, 0.25) is 0 Å². The zero-order valence-electron chi connectivity index (χ0n) is 12.5. The molecule has 0 atom stereocenters. The number of hydrogen-bond acceptors (Lipinski definition) is 4. The number of thiophene rings is 1. The molecule has 0 amide bonds. The Kier molecular flexibility index (Phi) is 5.75. The van der Waals surface area contributed by atoms with Gasteiger partial charge in [-0.1, -0.05) is 19.3 Å². The van der Waals surface area contributed by atoms with Gasteiger partial charge < -0.3 is 5.11 Å². The fourth-order valence-corrected chi connectivity index (χ4v) is 4.09. The summed E-state index contributed by atoms with van der Waals surface area (Å²) in [5.41, 5.74) is 0.867. The van der Waals surface area contributed by atoms with E-state index in [-0.39, 0.29) is 12.4 Å². The van der Waals surface area contributed by atoms with Crippen LogP contribution in [-0.4, -0.2) is 41.5 Å². The number of aliphatic hydroxyl groups excluding tert-OH is 1. The molecule has 0 saturated heterocycles. The maximum Gasteiger partial charge on any atom is 0.177 e. The number of carbonyl (C=O) groups is 1. The van der Waals surface area contributed by atoms with E-state index in [2.05, 4.69) is 4.90 Å². The molecule has 112 valence electrons. The molecule has 0 radical (unpaired) electrons. The lowest BCUT2D eigenvalue weighted by Gasteiger charge is -2.33. The largest absolute Gasteiger partial charge is 0.395 e. The molecule has 20 heavy (non-hydrogen) atoms. The normalized spacial score (nSPS) is 16.8. The second kappa shape index (κ2) is 7.34. The number of ketones is 1. The van der Waals surface area contributed by atoms with Gasteiger partial charge in [0.25, 0.3) is 0 Å². The third-order valence-corrected chi connectivity index (χ3v) is 5.13. The number of rotatable bonds is 6. The molecule has 0 bridgehead atoms. The Bertz CT molecular complexity index is 449. The van der Waals surface area contributed by atoms with E-state index in [9.17, 15) is 9.90 Å². The van der Waals surface area contributed by atoms with E-state index in [1.807, 2.05) is 19.9 Å². The number of nitrogens with zero attached hydrogens (tertiary/aromatic N) is 1. The second-order valence-corrected chi connectivity index (χ2v) is 7.20. The zero-order chi connectivity index (χ0) is 14.5. The van der Waals surface area contributed by atoms with Gasteiger partial charge in [0.1, 0.15) is 0 Å². The highest BCUT2D eigenvalue weighted by molar-refractivity contribution is 7.12. The molecule has 2 rings (SSSR count). The number of aryl methyl sites for hydroxylation is 2. The summed E-state index contributed by atoms with van der Waals surface area (Å²) >= 11 is 1.68. The molecule has 3 nitrogen and oxygen atoms in total. The van der Waals surface area contributed by atoms with E-state index in [0.29, 0.717) is 19.1 Å². The molecule has 0 unspecified atom stereocenters. The first-order valence-electron chi connectivity index (χ1n) is 7.57. The Hall–Kier alpha value is -0.710. The molecule has 1 fully saturated rings. The lowest BCUT2D eigenvalue weighted by Crippen LogP contribution is -2.42. The molecular formula is C16H25NO2S. The molecule has 1 aliphatic carbocycles. The molecule has 1 N–H and O–H groups in total. The summed E-state index contributed by atoms with van der Waals surface area (Å²) in [6.45, 7) is 5.25. The molecule has 1 heterocycles. The van der Waals surface area contributed by atoms with Crippen LogP contribution in [-0.2, 0) is 0 Å². The van der Waals surface area contributed by atoms with Gasteiger partial charge in [-0.3, -0.25) is 9.69 Å². The van der Waals surface area contributed by atoms with Crippen molar-refractivity contribution >= 4 is 17.1 Å². The maximum absolute atomic E-state index is 12.5. The van der Waals surface area contributed by atoms with E-state index >= 15 is 0 Å². The van der Waals surface area contributed by atoms with Crippen molar-refractivity contribution in [2.75, 3.05) is 19.7 Å². The lowest BCUT2D eigenvalue weighted by atomic mass is 9.94. The Labute approximate surface area is 125 Å². The molecule has 1 saturated carbocycles. The van der Waals surface area contributed by atoms with Gasteiger partial charge in [0.05, 0.1) is 13.2 Å². The van der Waals surface area contributed by atoms with Gasteiger partial charge >= 0.3 is 0 Å². The number of Topliss-reactive ketones (excluding diaryl/α,β-unsaturated/α-hetero) is 1. The standard InChI is InChI=1S/C16H25NO2S/c1-12-10-15(13(2)20-12)16(19)11-17(8-9-18)14-6-4-3-5-7-14/h10,14,18H,3-9,11H2,1-2H3. The van der Waals surface area contributed by atoms with E-state index in [1.165, 1.54) is 24.1 Å². The van der Waals surface area contributed by atoms with Crippen LogP contribution in [0.5, 0.6) is 0 Å². The fraction of sp³-hybridized carbons (Fsp3) is 0.688. The summed E-state index contributed by atoms with van der Waals surface area (Å²) in [5, 5.41) is 9.26. The topological polar surface area (TPSA) is 40.5 Å². The monoisotopic (exact) mass is 295 g/mol. The van der Waals surface area contributed by atoms with E-state index in [4.69, 9.17) is 0 Å². The molecule has 1 aromatic rings. The van der Waals surface area contributed by atoms with E-state index in [1.54, 1.807) is 11.3 Å². The Balaban J connectivity index is 2.03. The van der Waals surface area contributed by atoms with Crippen LogP contribution in [0.15, 0.2) is 6.07 Å². The van der Waals surface area contributed by atoms with Crippen LogP contribution in [0.3, 0.4) is 0 Å². The minimum Gasteiger partial charge on any atom is -0.395 e. The summed E-state index contributed by atoms with van der Waals surface area (Å²) in [7, 11) is 0. The van der Waals surface area contributed by atoms with Gasteiger partial charge in [-0.05, 0) is 32.8 Å². The zero-order valence-corrected chi connectivity index (χ0v) is 13.3. The highest BCUT2D eigenvalue weighted by Gasteiger charge is 2.24. The minimum absolute atomic E-state index is 0.130. The molecule has 0 aromatic carbocycles. The molecule has 1 aliphatic rings. The Morgan fingerprint density at radius 3 is 2.60 bits per heavy atom. The van der Waals surface area contributed by atoms with E-state index in [0.717, 1.165) is 23.3 Å². The number of aliphatic hydroxyl groups is 1. The van der Waals surface area contributed by atoms with Crippen LogP contribution >= 0.6 is 11.3 Å². The summed E-state index contributed by atoms with van der Waals surface area (Å²) in [6, 6.07) is 2.47. The van der Waals surface area contributed by atoms with Gasteiger partial charge in [-0.15, -0.1) is 11.3 Å². The summed E-state index contributed by atoms with van der Waals surface area (Å²) in [5.74, 6) is 0.200. The summed E-state index contributed by atoms with van der Waals surface area (Å²) in [4.78, 5) is 17.0. The SMILES string of the molecule is Cc1cc(C(=O)CN(CCO)C2CCCCC2)c(C)s1. The third-order valence-electron chi connectivity index (χ3n) is 4.17. The van der Waals surface area contributed by atoms with Crippen LogP contribution < -0.4 is 0 Å².